The van der Waals surface area contributed by atoms with Crippen molar-refractivity contribution in [2.45, 2.75) is 39.3 Å². The predicted octanol–water partition coefficient (Wildman–Crippen LogP) is 2.95. The largest absolute Gasteiger partial charge is 0.490 e. The molecule has 28 heavy (non-hydrogen) atoms. The zero-order valence-corrected chi connectivity index (χ0v) is 19.4. The minimum Gasteiger partial charge on any atom is -0.490 e. The molecule has 2 N–H and O–H groups in total. The molecule has 0 saturated carbocycles. The number of hydrogen-bond acceptors (Lipinski definition) is 5. The molecule has 7 nitrogen and oxygen atoms in total. The van der Waals surface area contributed by atoms with E-state index >= 15 is 0 Å². The van der Waals surface area contributed by atoms with Crippen molar-refractivity contribution in [3.8, 4) is 11.5 Å². The molecular weight excluding hydrogens is 471 g/mol. The van der Waals surface area contributed by atoms with Crippen molar-refractivity contribution in [2.75, 3.05) is 51.4 Å². The first-order chi connectivity index (χ1) is 13.2. The van der Waals surface area contributed by atoms with Crippen LogP contribution >= 0.6 is 24.0 Å². The third kappa shape index (κ3) is 6.38. The Bertz CT molecular complexity index is 644. The van der Waals surface area contributed by atoms with E-state index in [1.165, 1.54) is 0 Å². The lowest BCUT2D eigenvalue weighted by Crippen LogP contribution is -2.49. The molecule has 2 heterocycles. The Kier molecular flexibility index (Phi) is 9.60. The first kappa shape index (κ1) is 23.0. The number of halogens is 1. The number of anilines is 1. The predicted molar refractivity (Wildman–Crippen MR) is 124 cm³/mol. The first-order valence-electron chi connectivity index (χ1n) is 9.96. The number of guanidine groups is 1. The number of hydrogen-bond donors (Lipinski definition) is 2. The van der Waals surface area contributed by atoms with E-state index in [2.05, 4.69) is 36.3 Å². The van der Waals surface area contributed by atoms with Crippen LogP contribution in [0.1, 0.15) is 27.2 Å². The summed E-state index contributed by atoms with van der Waals surface area (Å²) in [4.78, 5) is 7.25. The highest BCUT2D eigenvalue weighted by Crippen LogP contribution is 2.32. The lowest BCUT2D eigenvalue weighted by Gasteiger charge is -2.37. The second kappa shape index (κ2) is 11.7. The number of nitrogens with one attached hydrogen (secondary N) is 2. The molecule has 1 saturated heterocycles. The Morgan fingerprint density at radius 1 is 1.25 bits per heavy atom. The van der Waals surface area contributed by atoms with Crippen molar-refractivity contribution < 1.29 is 14.2 Å². The summed E-state index contributed by atoms with van der Waals surface area (Å²) >= 11 is 0. The summed E-state index contributed by atoms with van der Waals surface area (Å²) in [5.41, 5.74) is 0.936. The lowest BCUT2D eigenvalue weighted by molar-refractivity contribution is -0.0165. The van der Waals surface area contributed by atoms with Crippen LogP contribution in [-0.2, 0) is 4.74 Å². The first-order valence-corrected chi connectivity index (χ1v) is 9.96. The fraction of sp³-hybridized carbons (Fsp3) is 0.650. The van der Waals surface area contributed by atoms with Gasteiger partial charge in [-0.15, -0.1) is 24.0 Å². The normalized spacial score (nSPS) is 21.2. The average molecular weight is 504 g/mol. The molecule has 8 heteroatoms. The number of aliphatic imine (C=N–C) groups is 1. The second-order valence-corrected chi connectivity index (χ2v) is 7.07. The summed E-state index contributed by atoms with van der Waals surface area (Å²) in [5, 5.41) is 6.70. The Balaban J connectivity index is 0.00000280. The van der Waals surface area contributed by atoms with Crippen molar-refractivity contribution in [1.82, 2.24) is 10.2 Å². The van der Waals surface area contributed by atoms with Gasteiger partial charge in [0.2, 0.25) is 0 Å². The molecule has 1 fully saturated rings. The van der Waals surface area contributed by atoms with E-state index in [0.717, 1.165) is 62.4 Å². The van der Waals surface area contributed by atoms with Gasteiger partial charge in [-0.1, -0.05) is 0 Å². The number of morpholine rings is 1. The van der Waals surface area contributed by atoms with E-state index in [1.54, 1.807) is 0 Å². The average Bonchev–Trinajstić information content (AvgIpc) is 2.91. The molecule has 0 aliphatic carbocycles. The van der Waals surface area contributed by atoms with Crippen molar-refractivity contribution in [3.05, 3.63) is 18.2 Å². The smallest absolute Gasteiger partial charge is 0.195 e. The van der Waals surface area contributed by atoms with Crippen molar-refractivity contribution in [3.63, 3.8) is 0 Å². The number of benzene rings is 1. The van der Waals surface area contributed by atoms with E-state index in [-0.39, 0.29) is 24.0 Å². The SMILES string of the molecule is CCNC(=NCC(C)N1CCOCC1C)Nc1ccc2c(c1)OCCCO2.I. The van der Waals surface area contributed by atoms with Crippen LogP contribution in [0, 0.1) is 0 Å². The van der Waals surface area contributed by atoms with Gasteiger partial charge in [0, 0.05) is 43.3 Å². The minimum atomic E-state index is 0. The van der Waals surface area contributed by atoms with E-state index in [0.29, 0.717) is 25.3 Å². The highest BCUT2D eigenvalue weighted by Gasteiger charge is 2.23. The van der Waals surface area contributed by atoms with E-state index in [1.807, 2.05) is 18.2 Å². The van der Waals surface area contributed by atoms with Gasteiger partial charge >= 0.3 is 0 Å². The van der Waals surface area contributed by atoms with Gasteiger partial charge in [0.25, 0.3) is 0 Å². The Labute approximate surface area is 185 Å². The topological polar surface area (TPSA) is 67.4 Å². The quantitative estimate of drug-likeness (QED) is 0.365. The van der Waals surface area contributed by atoms with Crippen LogP contribution in [0.15, 0.2) is 23.2 Å². The monoisotopic (exact) mass is 504 g/mol. The Morgan fingerprint density at radius 3 is 2.79 bits per heavy atom. The molecular formula is C20H33IN4O3. The van der Waals surface area contributed by atoms with Crippen molar-refractivity contribution >= 4 is 35.6 Å². The number of rotatable bonds is 5. The van der Waals surface area contributed by atoms with E-state index in [9.17, 15) is 0 Å². The molecule has 0 amide bonds. The molecule has 0 spiro atoms. The van der Waals surface area contributed by atoms with E-state index < -0.39 is 0 Å². The number of fused-ring (bicyclic) bond motifs is 1. The third-order valence-corrected chi connectivity index (χ3v) is 4.85. The summed E-state index contributed by atoms with van der Waals surface area (Å²) in [6.07, 6.45) is 0.902. The molecule has 2 unspecified atom stereocenters. The maximum Gasteiger partial charge on any atom is 0.195 e. The van der Waals surface area contributed by atoms with Crippen LogP contribution in [0.25, 0.3) is 0 Å². The van der Waals surface area contributed by atoms with Crippen molar-refractivity contribution in [1.29, 1.82) is 0 Å². The molecule has 3 rings (SSSR count). The molecule has 1 aromatic carbocycles. The summed E-state index contributed by atoms with van der Waals surface area (Å²) < 4.78 is 17.0. The van der Waals surface area contributed by atoms with Gasteiger partial charge < -0.3 is 24.8 Å². The van der Waals surface area contributed by atoms with Crippen LogP contribution in [0.3, 0.4) is 0 Å². The molecule has 0 aromatic heterocycles. The zero-order chi connectivity index (χ0) is 19.1. The fourth-order valence-corrected chi connectivity index (χ4v) is 3.41. The van der Waals surface area contributed by atoms with Crippen molar-refractivity contribution in [2.24, 2.45) is 4.99 Å². The van der Waals surface area contributed by atoms with Gasteiger partial charge in [0.1, 0.15) is 0 Å². The zero-order valence-electron chi connectivity index (χ0n) is 17.1. The number of ether oxygens (including phenoxy) is 3. The summed E-state index contributed by atoms with van der Waals surface area (Å²) in [6.45, 7) is 12.0. The Hall–Kier alpha value is -1.26. The van der Waals surface area contributed by atoms with Crippen LogP contribution < -0.4 is 20.1 Å². The molecule has 2 atom stereocenters. The van der Waals surface area contributed by atoms with Crippen LogP contribution in [-0.4, -0.2) is 69.0 Å². The lowest BCUT2D eigenvalue weighted by atomic mass is 10.2. The maximum absolute atomic E-state index is 5.78. The second-order valence-electron chi connectivity index (χ2n) is 7.07. The molecule has 1 aromatic rings. The highest BCUT2D eigenvalue weighted by atomic mass is 127. The summed E-state index contributed by atoms with van der Waals surface area (Å²) in [5.74, 6) is 2.36. The van der Waals surface area contributed by atoms with Gasteiger partial charge in [-0.25, -0.2) is 0 Å². The summed E-state index contributed by atoms with van der Waals surface area (Å²) in [6, 6.07) is 6.71. The van der Waals surface area contributed by atoms with Crippen LogP contribution in [0.5, 0.6) is 11.5 Å². The molecule has 2 aliphatic heterocycles. The fourth-order valence-electron chi connectivity index (χ4n) is 3.41. The molecule has 0 bridgehead atoms. The Morgan fingerprint density at radius 2 is 2.04 bits per heavy atom. The van der Waals surface area contributed by atoms with Gasteiger partial charge in [-0.3, -0.25) is 9.89 Å². The standard InChI is InChI=1S/C20H32N4O3.HI/c1-4-21-20(22-13-15(2)24-8-11-25-14-16(24)3)23-17-6-7-18-19(12-17)27-10-5-9-26-18;/h6-7,12,15-16H,4-5,8-11,13-14H2,1-3H3,(H2,21,22,23);1H. The van der Waals surface area contributed by atoms with Gasteiger partial charge in [0.15, 0.2) is 17.5 Å². The molecule has 158 valence electrons. The van der Waals surface area contributed by atoms with E-state index in [4.69, 9.17) is 19.2 Å². The van der Waals surface area contributed by atoms with Gasteiger partial charge in [-0.05, 0) is 32.9 Å². The van der Waals surface area contributed by atoms with Gasteiger partial charge in [0.05, 0.1) is 33.0 Å². The van der Waals surface area contributed by atoms with Crippen LogP contribution in [0.4, 0.5) is 5.69 Å². The third-order valence-electron chi connectivity index (χ3n) is 4.85. The molecule has 0 radical (unpaired) electrons. The number of nitrogens with zero attached hydrogens (tertiary/aromatic N) is 2. The molecule has 2 aliphatic rings. The summed E-state index contributed by atoms with van der Waals surface area (Å²) in [7, 11) is 0. The maximum atomic E-state index is 5.78. The highest BCUT2D eigenvalue weighted by molar-refractivity contribution is 14.0. The van der Waals surface area contributed by atoms with Crippen LogP contribution in [0.2, 0.25) is 0 Å². The minimum absolute atomic E-state index is 0. The van der Waals surface area contributed by atoms with Gasteiger partial charge in [-0.2, -0.15) is 0 Å².